The lowest BCUT2D eigenvalue weighted by atomic mass is 10.4. The topological polar surface area (TPSA) is 55.5 Å². The Labute approximate surface area is 55.8 Å². The maximum absolute atomic E-state index is 8.92. The van der Waals surface area contributed by atoms with Crippen molar-refractivity contribution in [3.63, 3.8) is 0 Å². The van der Waals surface area contributed by atoms with E-state index in [-0.39, 0.29) is 6.10 Å². The van der Waals surface area contributed by atoms with Gasteiger partial charge in [-0.05, 0) is 20.4 Å². The van der Waals surface area contributed by atoms with Gasteiger partial charge in [0.2, 0.25) is 0 Å². The van der Waals surface area contributed by atoms with Crippen molar-refractivity contribution in [3.05, 3.63) is 0 Å². The Hall–Kier alpha value is -0.120. The molecule has 1 atom stereocenters. The highest BCUT2D eigenvalue weighted by Crippen LogP contribution is 1.96. The molecule has 56 valence electrons. The molecule has 0 aliphatic carbocycles. The fourth-order valence-electron chi connectivity index (χ4n) is 0.525. The van der Waals surface area contributed by atoms with Gasteiger partial charge in [-0.1, -0.05) is 0 Å². The van der Waals surface area contributed by atoms with Gasteiger partial charge in [0.15, 0.2) is 6.29 Å². The molecule has 0 aromatic rings. The predicted octanol–water partition coefficient (Wildman–Crippen LogP) is 0.0786. The van der Waals surface area contributed by atoms with Gasteiger partial charge in [0.1, 0.15) is 0 Å². The Morgan fingerprint density at radius 3 is 2.44 bits per heavy atom. The van der Waals surface area contributed by atoms with Gasteiger partial charge in [0.25, 0.3) is 0 Å². The summed E-state index contributed by atoms with van der Waals surface area (Å²) in [6, 6.07) is 0. The normalized spacial score (nSPS) is 14.3. The number of aliphatic hydroxyl groups excluding tert-OH is 1. The van der Waals surface area contributed by atoms with Gasteiger partial charge < -0.3 is 15.6 Å². The highest BCUT2D eigenvalue weighted by molar-refractivity contribution is 4.44. The van der Waals surface area contributed by atoms with Gasteiger partial charge >= 0.3 is 0 Å². The van der Waals surface area contributed by atoms with Crippen molar-refractivity contribution in [1.29, 1.82) is 0 Å². The van der Waals surface area contributed by atoms with E-state index < -0.39 is 6.29 Å². The second-order valence-corrected chi connectivity index (χ2v) is 2.22. The Balaban J connectivity index is 3.15. The van der Waals surface area contributed by atoms with Crippen LogP contribution in [0.25, 0.3) is 0 Å². The minimum atomic E-state index is -0.685. The molecular weight excluding hydrogens is 118 g/mol. The van der Waals surface area contributed by atoms with E-state index in [4.69, 9.17) is 15.6 Å². The lowest BCUT2D eigenvalue weighted by Gasteiger charge is -2.12. The fraction of sp³-hybridized carbons (Fsp3) is 1.00. The zero-order valence-electron chi connectivity index (χ0n) is 6.00. The molecule has 0 heterocycles. The second kappa shape index (κ2) is 4.73. The van der Waals surface area contributed by atoms with Crippen molar-refractivity contribution in [2.24, 2.45) is 5.73 Å². The molecule has 0 spiro atoms. The Morgan fingerprint density at radius 1 is 1.56 bits per heavy atom. The molecule has 0 rings (SSSR count). The molecule has 1 unspecified atom stereocenters. The van der Waals surface area contributed by atoms with Crippen LogP contribution in [-0.2, 0) is 4.74 Å². The van der Waals surface area contributed by atoms with Crippen molar-refractivity contribution >= 4 is 0 Å². The number of hydrogen-bond acceptors (Lipinski definition) is 3. The van der Waals surface area contributed by atoms with Crippen molar-refractivity contribution in [1.82, 2.24) is 0 Å². The zero-order chi connectivity index (χ0) is 7.28. The molecule has 3 heteroatoms. The number of nitrogens with two attached hydrogens (primary N) is 1. The van der Waals surface area contributed by atoms with E-state index in [1.54, 1.807) is 0 Å². The largest absolute Gasteiger partial charge is 0.368 e. The van der Waals surface area contributed by atoms with Crippen LogP contribution in [-0.4, -0.2) is 24.0 Å². The molecule has 0 amide bonds. The quantitative estimate of drug-likeness (QED) is 0.534. The van der Waals surface area contributed by atoms with Crippen LogP contribution in [0.5, 0.6) is 0 Å². The molecule has 0 saturated heterocycles. The SMILES string of the molecule is CC(C)OC(O)CCN. The minimum absolute atomic E-state index is 0.0755. The van der Waals surface area contributed by atoms with Crippen LogP contribution in [0.15, 0.2) is 0 Å². The van der Waals surface area contributed by atoms with E-state index >= 15 is 0 Å². The van der Waals surface area contributed by atoms with E-state index in [2.05, 4.69) is 0 Å². The summed E-state index contributed by atoms with van der Waals surface area (Å²) >= 11 is 0. The van der Waals surface area contributed by atoms with E-state index in [0.29, 0.717) is 13.0 Å². The molecule has 0 saturated carbocycles. The lowest BCUT2D eigenvalue weighted by molar-refractivity contribution is -0.126. The number of aliphatic hydroxyl groups is 1. The van der Waals surface area contributed by atoms with Gasteiger partial charge in [-0.2, -0.15) is 0 Å². The number of ether oxygens (including phenoxy) is 1. The van der Waals surface area contributed by atoms with Gasteiger partial charge in [-0.15, -0.1) is 0 Å². The Bertz CT molecular complexity index is 66.1. The van der Waals surface area contributed by atoms with Crippen LogP contribution >= 0.6 is 0 Å². The maximum atomic E-state index is 8.92. The van der Waals surface area contributed by atoms with Gasteiger partial charge in [-0.3, -0.25) is 0 Å². The van der Waals surface area contributed by atoms with Crippen LogP contribution in [0, 0.1) is 0 Å². The van der Waals surface area contributed by atoms with Crippen molar-refractivity contribution in [2.75, 3.05) is 6.54 Å². The molecule has 9 heavy (non-hydrogen) atoms. The first kappa shape index (κ1) is 8.88. The molecule has 0 aliphatic rings. The highest BCUT2D eigenvalue weighted by Gasteiger charge is 2.03. The average molecular weight is 133 g/mol. The smallest absolute Gasteiger partial charge is 0.156 e. The van der Waals surface area contributed by atoms with Crippen molar-refractivity contribution < 1.29 is 9.84 Å². The fourth-order valence-corrected chi connectivity index (χ4v) is 0.525. The first-order valence-electron chi connectivity index (χ1n) is 3.20. The summed E-state index contributed by atoms with van der Waals surface area (Å²) < 4.78 is 4.97. The molecule has 0 fully saturated rings. The van der Waals surface area contributed by atoms with Crippen molar-refractivity contribution in [2.45, 2.75) is 32.7 Å². The first-order valence-corrected chi connectivity index (χ1v) is 3.20. The van der Waals surface area contributed by atoms with Gasteiger partial charge in [-0.25, -0.2) is 0 Å². The maximum Gasteiger partial charge on any atom is 0.156 e. The van der Waals surface area contributed by atoms with E-state index in [1.807, 2.05) is 13.8 Å². The summed E-state index contributed by atoms with van der Waals surface area (Å²) in [4.78, 5) is 0. The van der Waals surface area contributed by atoms with Crippen LogP contribution in [0.1, 0.15) is 20.3 Å². The molecule has 3 nitrogen and oxygen atoms in total. The Kier molecular flexibility index (Phi) is 4.67. The highest BCUT2D eigenvalue weighted by atomic mass is 16.6. The first-order chi connectivity index (χ1) is 4.16. The third-order valence-corrected chi connectivity index (χ3v) is 0.843. The van der Waals surface area contributed by atoms with Crippen LogP contribution in [0.3, 0.4) is 0 Å². The lowest BCUT2D eigenvalue weighted by Crippen LogP contribution is -2.20. The molecule has 0 aliphatic heterocycles. The van der Waals surface area contributed by atoms with Gasteiger partial charge in [0, 0.05) is 6.42 Å². The minimum Gasteiger partial charge on any atom is -0.368 e. The number of hydrogen-bond donors (Lipinski definition) is 2. The summed E-state index contributed by atoms with van der Waals surface area (Å²) in [7, 11) is 0. The Morgan fingerprint density at radius 2 is 2.11 bits per heavy atom. The average Bonchev–Trinajstić information content (AvgIpc) is 1.63. The molecule has 3 N–H and O–H groups in total. The second-order valence-electron chi connectivity index (χ2n) is 2.22. The summed E-state index contributed by atoms with van der Waals surface area (Å²) in [5.41, 5.74) is 5.17. The summed E-state index contributed by atoms with van der Waals surface area (Å²) in [6.07, 6.45) is -0.0976. The molecule has 0 radical (unpaired) electrons. The van der Waals surface area contributed by atoms with Crippen LogP contribution in [0.2, 0.25) is 0 Å². The molecule has 0 bridgehead atoms. The van der Waals surface area contributed by atoms with E-state index in [1.165, 1.54) is 0 Å². The third kappa shape index (κ3) is 5.76. The number of rotatable bonds is 4. The standard InChI is InChI=1S/C6H15NO2/c1-5(2)9-6(8)3-4-7/h5-6,8H,3-4,7H2,1-2H3. The van der Waals surface area contributed by atoms with E-state index in [9.17, 15) is 0 Å². The summed E-state index contributed by atoms with van der Waals surface area (Å²) in [6.45, 7) is 4.22. The predicted molar refractivity (Wildman–Crippen MR) is 35.9 cm³/mol. The van der Waals surface area contributed by atoms with Crippen molar-refractivity contribution in [3.8, 4) is 0 Å². The zero-order valence-corrected chi connectivity index (χ0v) is 6.00. The third-order valence-electron chi connectivity index (χ3n) is 0.843. The van der Waals surface area contributed by atoms with Crippen LogP contribution in [0.4, 0.5) is 0 Å². The van der Waals surface area contributed by atoms with Gasteiger partial charge in [0.05, 0.1) is 6.10 Å². The molecular formula is C6H15NO2. The van der Waals surface area contributed by atoms with Crippen LogP contribution < -0.4 is 5.73 Å². The summed E-state index contributed by atoms with van der Waals surface area (Å²) in [5, 5.41) is 8.92. The monoisotopic (exact) mass is 133 g/mol. The molecule has 0 aromatic carbocycles. The molecule has 0 aromatic heterocycles. The van der Waals surface area contributed by atoms with E-state index in [0.717, 1.165) is 0 Å². The summed E-state index contributed by atoms with van der Waals surface area (Å²) in [5.74, 6) is 0.